The molecule has 0 unspecified atom stereocenters. The number of carbonyl (C=O) groups excluding carboxylic acids is 1. The van der Waals surface area contributed by atoms with E-state index in [0.717, 1.165) is 53.8 Å². The largest absolute Gasteiger partial charge is 0.497 e. The van der Waals surface area contributed by atoms with E-state index in [1.54, 1.807) is 7.11 Å². The van der Waals surface area contributed by atoms with Crippen LogP contribution in [-0.2, 0) is 13.6 Å². The average Bonchev–Trinajstić information content (AvgIpc) is 3.08. The fourth-order valence-corrected chi connectivity index (χ4v) is 4.42. The first kappa shape index (κ1) is 20.5. The first-order valence-electron chi connectivity index (χ1n) is 10.6. The Labute approximate surface area is 178 Å². The summed E-state index contributed by atoms with van der Waals surface area (Å²) < 4.78 is 7.32. The Morgan fingerprint density at radius 3 is 2.43 bits per heavy atom. The zero-order valence-corrected chi connectivity index (χ0v) is 18.4. The standard InChI is InChI=1S/C25H31N3O2/c1-18-5-10-23-20(15-18)16-24(27(23)3)25(29)28(21-11-13-26(2)14-12-21)17-19-6-8-22(30-4)9-7-19/h5-10,15-16,21H,11-14,17H2,1-4H3. The van der Waals surface area contributed by atoms with Gasteiger partial charge in [0.15, 0.2) is 0 Å². The van der Waals surface area contributed by atoms with Gasteiger partial charge in [0.05, 0.1) is 7.11 Å². The van der Waals surface area contributed by atoms with Gasteiger partial charge in [-0.15, -0.1) is 0 Å². The number of amides is 1. The highest BCUT2D eigenvalue weighted by molar-refractivity contribution is 5.99. The third kappa shape index (κ3) is 4.08. The zero-order valence-electron chi connectivity index (χ0n) is 18.4. The Morgan fingerprint density at radius 1 is 1.07 bits per heavy atom. The molecule has 0 N–H and O–H groups in total. The molecule has 0 bridgehead atoms. The molecule has 5 heteroatoms. The molecule has 1 fully saturated rings. The van der Waals surface area contributed by atoms with Crippen LogP contribution in [0.1, 0.15) is 34.5 Å². The Balaban J connectivity index is 1.67. The highest BCUT2D eigenvalue weighted by Gasteiger charge is 2.29. The number of hydrogen-bond acceptors (Lipinski definition) is 3. The van der Waals surface area contributed by atoms with Gasteiger partial charge in [-0.25, -0.2) is 0 Å². The van der Waals surface area contributed by atoms with Gasteiger partial charge in [-0.2, -0.15) is 0 Å². The van der Waals surface area contributed by atoms with Crippen molar-refractivity contribution in [1.29, 1.82) is 0 Å². The van der Waals surface area contributed by atoms with Crippen LogP contribution in [0.3, 0.4) is 0 Å². The first-order valence-corrected chi connectivity index (χ1v) is 10.6. The summed E-state index contributed by atoms with van der Waals surface area (Å²) >= 11 is 0. The van der Waals surface area contributed by atoms with Crippen LogP contribution in [0.4, 0.5) is 0 Å². The molecule has 2 aromatic carbocycles. The minimum absolute atomic E-state index is 0.108. The van der Waals surface area contributed by atoms with Gasteiger partial charge in [0.25, 0.3) is 5.91 Å². The van der Waals surface area contributed by atoms with Crippen LogP contribution in [0.25, 0.3) is 10.9 Å². The van der Waals surface area contributed by atoms with Crippen LogP contribution in [0, 0.1) is 6.92 Å². The summed E-state index contributed by atoms with van der Waals surface area (Å²) in [6, 6.07) is 16.7. The molecule has 0 saturated carbocycles. The normalized spacial score (nSPS) is 15.5. The number of rotatable bonds is 5. The molecule has 3 aromatic rings. The molecule has 30 heavy (non-hydrogen) atoms. The van der Waals surface area contributed by atoms with Crippen LogP contribution < -0.4 is 4.74 Å². The zero-order chi connectivity index (χ0) is 21.3. The fraction of sp³-hybridized carbons (Fsp3) is 0.400. The van der Waals surface area contributed by atoms with E-state index >= 15 is 0 Å². The molecule has 1 aliphatic heterocycles. The van der Waals surface area contributed by atoms with Crippen LogP contribution >= 0.6 is 0 Å². The second-order valence-corrected chi connectivity index (χ2v) is 8.47. The lowest BCUT2D eigenvalue weighted by molar-refractivity contribution is 0.0560. The monoisotopic (exact) mass is 405 g/mol. The number of benzene rings is 2. The maximum absolute atomic E-state index is 13.8. The maximum Gasteiger partial charge on any atom is 0.271 e. The van der Waals surface area contributed by atoms with Crippen molar-refractivity contribution in [1.82, 2.24) is 14.4 Å². The van der Waals surface area contributed by atoms with Gasteiger partial charge in [-0.1, -0.05) is 23.8 Å². The minimum Gasteiger partial charge on any atom is -0.497 e. The lowest BCUT2D eigenvalue weighted by Crippen LogP contribution is -2.46. The summed E-state index contributed by atoms with van der Waals surface area (Å²) in [6.45, 7) is 4.73. The van der Waals surface area contributed by atoms with Gasteiger partial charge in [-0.05, 0) is 75.8 Å². The third-order valence-corrected chi connectivity index (χ3v) is 6.32. The van der Waals surface area contributed by atoms with Gasteiger partial charge in [0.1, 0.15) is 11.4 Å². The number of nitrogens with zero attached hydrogens (tertiary/aromatic N) is 3. The lowest BCUT2D eigenvalue weighted by atomic mass is 10.0. The van der Waals surface area contributed by atoms with E-state index in [0.29, 0.717) is 6.54 Å². The molecule has 0 radical (unpaired) electrons. The van der Waals surface area contributed by atoms with Crippen molar-refractivity contribution in [2.45, 2.75) is 32.4 Å². The molecule has 0 spiro atoms. The number of fused-ring (bicyclic) bond motifs is 1. The van der Waals surface area contributed by atoms with Crippen molar-refractivity contribution in [2.75, 3.05) is 27.2 Å². The molecule has 1 amide bonds. The van der Waals surface area contributed by atoms with E-state index < -0.39 is 0 Å². The van der Waals surface area contributed by atoms with Gasteiger partial charge >= 0.3 is 0 Å². The van der Waals surface area contributed by atoms with Gasteiger partial charge in [-0.3, -0.25) is 4.79 Å². The minimum atomic E-state index is 0.108. The first-order chi connectivity index (χ1) is 14.5. The molecule has 5 nitrogen and oxygen atoms in total. The Bertz CT molecular complexity index is 1030. The summed E-state index contributed by atoms with van der Waals surface area (Å²) in [5, 5.41) is 1.12. The summed E-state index contributed by atoms with van der Waals surface area (Å²) in [6.07, 6.45) is 2.00. The highest BCUT2D eigenvalue weighted by atomic mass is 16.5. The summed E-state index contributed by atoms with van der Waals surface area (Å²) in [5.41, 5.74) is 4.18. The van der Waals surface area contributed by atoms with Crippen molar-refractivity contribution in [3.8, 4) is 5.75 Å². The van der Waals surface area contributed by atoms with Crippen molar-refractivity contribution in [3.05, 3.63) is 65.4 Å². The summed E-state index contributed by atoms with van der Waals surface area (Å²) in [4.78, 5) is 18.2. The van der Waals surface area contributed by atoms with Crippen molar-refractivity contribution < 1.29 is 9.53 Å². The molecule has 1 aliphatic rings. The molecular formula is C25H31N3O2. The predicted molar refractivity (Wildman–Crippen MR) is 121 cm³/mol. The maximum atomic E-state index is 13.8. The SMILES string of the molecule is COc1ccc(CN(C(=O)c2cc3cc(C)ccc3n2C)C2CCN(C)CC2)cc1. The third-order valence-electron chi connectivity index (χ3n) is 6.32. The Morgan fingerprint density at radius 2 is 1.77 bits per heavy atom. The molecule has 2 heterocycles. The van der Waals surface area contributed by atoms with Crippen molar-refractivity contribution in [3.63, 3.8) is 0 Å². The number of carbonyl (C=O) groups is 1. The molecule has 0 aliphatic carbocycles. The molecule has 158 valence electrons. The number of ether oxygens (including phenoxy) is 1. The second kappa shape index (κ2) is 8.52. The quantitative estimate of drug-likeness (QED) is 0.637. The number of methoxy groups -OCH3 is 1. The van der Waals surface area contributed by atoms with E-state index in [9.17, 15) is 4.79 Å². The van der Waals surface area contributed by atoms with E-state index in [1.807, 2.05) is 29.8 Å². The smallest absolute Gasteiger partial charge is 0.271 e. The highest BCUT2D eigenvalue weighted by Crippen LogP contribution is 2.26. The van der Waals surface area contributed by atoms with E-state index in [-0.39, 0.29) is 11.9 Å². The molecular weight excluding hydrogens is 374 g/mol. The molecule has 4 rings (SSSR count). The van der Waals surface area contributed by atoms with Crippen molar-refractivity contribution >= 4 is 16.8 Å². The average molecular weight is 406 g/mol. The Kier molecular flexibility index (Phi) is 5.82. The van der Waals surface area contributed by atoms with Crippen LogP contribution in [-0.4, -0.2) is 53.6 Å². The number of piperidine rings is 1. The summed E-state index contributed by atoms with van der Waals surface area (Å²) in [5.74, 6) is 0.941. The van der Waals surface area contributed by atoms with E-state index in [2.05, 4.69) is 54.1 Å². The number of likely N-dealkylation sites (tertiary alicyclic amines) is 1. The van der Waals surface area contributed by atoms with Gasteiger partial charge in [0.2, 0.25) is 0 Å². The van der Waals surface area contributed by atoms with E-state index in [1.165, 1.54) is 5.56 Å². The summed E-state index contributed by atoms with van der Waals surface area (Å²) in [7, 11) is 5.81. The van der Waals surface area contributed by atoms with Crippen LogP contribution in [0.15, 0.2) is 48.5 Å². The van der Waals surface area contributed by atoms with E-state index in [4.69, 9.17) is 4.74 Å². The van der Waals surface area contributed by atoms with Crippen molar-refractivity contribution in [2.24, 2.45) is 7.05 Å². The van der Waals surface area contributed by atoms with Crippen LogP contribution in [0.2, 0.25) is 0 Å². The lowest BCUT2D eigenvalue weighted by Gasteiger charge is -2.37. The van der Waals surface area contributed by atoms with Crippen LogP contribution in [0.5, 0.6) is 5.75 Å². The molecule has 1 saturated heterocycles. The number of aromatic nitrogens is 1. The Hall–Kier alpha value is -2.79. The fourth-order valence-electron chi connectivity index (χ4n) is 4.42. The second-order valence-electron chi connectivity index (χ2n) is 8.47. The van der Waals surface area contributed by atoms with Gasteiger partial charge < -0.3 is 19.1 Å². The number of hydrogen-bond donors (Lipinski definition) is 0. The molecule has 1 aromatic heterocycles. The van der Waals surface area contributed by atoms with Gasteiger partial charge in [0, 0.05) is 30.5 Å². The topological polar surface area (TPSA) is 37.7 Å². The molecule has 0 atom stereocenters. The number of aryl methyl sites for hydroxylation is 2. The predicted octanol–water partition coefficient (Wildman–Crippen LogP) is 4.23.